The van der Waals surface area contributed by atoms with Crippen molar-refractivity contribution in [3.8, 4) is 5.75 Å². The van der Waals surface area contributed by atoms with E-state index in [1.807, 2.05) is 0 Å². The predicted molar refractivity (Wildman–Crippen MR) is 69.1 cm³/mol. The molecule has 1 aromatic rings. The van der Waals surface area contributed by atoms with Crippen molar-refractivity contribution in [3.05, 3.63) is 28.5 Å². The van der Waals surface area contributed by atoms with Gasteiger partial charge in [0, 0.05) is 17.6 Å². The van der Waals surface area contributed by atoms with Crippen molar-refractivity contribution in [2.24, 2.45) is 0 Å². The first kappa shape index (κ1) is 14.9. The molecule has 18 heavy (non-hydrogen) atoms. The molecule has 4 nitrogen and oxygen atoms in total. The number of rotatable bonds is 6. The van der Waals surface area contributed by atoms with Crippen LogP contribution in [0.15, 0.2) is 22.7 Å². The fraction of sp³-hybridized carbons (Fsp3) is 0.417. The van der Waals surface area contributed by atoms with E-state index in [1.165, 1.54) is 12.1 Å². The van der Waals surface area contributed by atoms with Crippen LogP contribution < -0.4 is 10.1 Å². The summed E-state index contributed by atoms with van der Waals surface area (Å²) in [5.41, 5.74) is 0. The zero-order chi connectivity index (χ0) is 13.5. The first-order valence-electron chi connectivity index (χ1n) is 5.39. The molecule has 0 spiro atoms. The molecule has 0 aliphatic rings. The highest BCUT2D eigenvalue weighted by molar-refractivity contribution is 9.10. The molecule has 1 aromatic carbocycles. The van der Waals surface area contributed by atoms with Gasteiger partial charge < -0.3 is 14.8 Å². The molecule has 0 radical (unpaired) electrons. The summed E-state index contributed by atoms with van der Waals surface area (Å²) >= 11 is 3.20. The summed E-state index contributed by atoms with van der Waals surface area (Å²) in [6.07, 6.45) is 0. The highest BCUT2D eigenvalue weighted by atomic mass is 79.9. The number of ether oxygens (including phenoxy) is 2. The number of methoxy groups -OCH3 is 1. The lowest BCUT2D eigenvalue weighted by atomic mass is 10.3. The van der Waals surface area contributed by atoms with Crippen LogP contribution in [0.4, 0.5) is 4.39 Å². The van der Waals surface area contributed by atoms with Crippen LogP contribution in [0.25, 0.3) is 0 Å². The summed E-state index contributed by atoms with van der Waals surface area (Å²) in [5.74, 6) is -0.784. The van der Waals surface area contributed by atoms with Crippen LogP contribution in [0.2, 0.25) is 0 Å². The molecule has 0 bridgehead atoms. The SMILES string of the molecule is COCC(C)NC(=O)COc1cc(Br)ccc1F. The molecule has 100 valence electrons. The Hall–Kier alpha value is -1.14. The molecule has 0 saturated heterocycles. The highest BCUT2D eigenvalue weighted by Crippen LogP contribution is 2.21. The Balaban J connectivity index is 2.45. The number of hydrogen-bond acceptors (Lipinski definition) is 3. The van der Waals surface area contributed by atoms with Crippen LogP contribution in [0.1, 0.15) is 6.92 Å². The molecule has 1 amide bonds. The van der Waals surface area contributed by atoms with Crippen LogP contribution in [0.3, 0.4) is 0 Å². The maximum absolute atomic E-state index is 13.3. The van der Waals surface area contributed by atoms with E-state index in [2.05, 4.69) is 21.2 Å². The minimum absolute atomic E-state index is 0.0407. The monoisotopic (exact) mass is 319 g/mol. The number of hydrogen-bond donors (Lipinski definition) is 1. The number of benzene rings is 1. The lowest BCUT2D eigenvalue weighted by molar-refractivity contribution is -0.124. The Labute approximate surface area is 114 Å². The average molecular weight is 320 g/mol. The molecular formula is C12H15BrFNO3. The Kier molecular flexibility index (Phi) is 6.07. The van der Waals surface area contributed by atoms with Crippen molar-refractivity contribution in [2.45, 2.75) is 13.0 Å². The fourth-order valence-electron chi connectivity index (χ4n) is 1.34. The van der Waals surface area contributed by atoms with Crippen molar-refractivity contribution >= 4 is 21.8 Å². The van der Waals surface area contributed by atoms with Gasteiger partial charge in [-0.1, -0.05) is 15.9 Å². The standard InChI is InChI=1S/C12H15BrFNO3/c1-8(6-17-2)15-12(16)7-18-11-5-9(13)3-4-10(11)14/h3-5,8H,6-7H2,1-2H3,(H,15,16). The molecule has 1 rings (SSSR count). The predicted octanol–water partition coefficient (Wildman–Crippen LogP) is 2.12. The molecule has 1 unspecified atom stereocenters. The van der Waals surface area contributed by atoms with Crippen molar-refractivity contribution in [2.75, 3.05) is 20.3 Å². The Morgan fingerprint density at radius 3 is 2.94 bits per heavy atom. The minimum atomic E-state index is -0.504. The number of carbonyl (C=O) groups is 1. The normalized spacial score (nSPS) is 12.0. The van der Waals surface area contributed by atoms with E-state index in [0.29, 0.717) is 11.1 Å². The van der Waals surface area contributed by atoms with E-state index in [9.17, 15) is 9.18 Å². The average Bonchev–Trinajstić information content (AvgIpc) is 2.30. The van der Waals surface area contributed by atoms with E-state index >= 15 is 0 Å². The van der Waals surface area contributed by atoms with E-state index in [1.54, 1.807) is 20.1 Å². The summed E-state index contributed by atoms with van der Waals surface area (Å²) in [4.78, 5) is 11.5. The Bertz CT molecular complexity index is 414. The smallest absolute Gasteiger partial charge is 0.258 e. The van der Waals surface area contributed by atoms with Gasteiger partial charge >= 0.3 is 0 Å². The third kappa shape index (κ3) is 5.01. The van der Waals surface area contributed by atoms with Gasteiger partial charge in [-0.25, -0.2) is 4.39 Å². The van der Waals surface area contributed by atoms with E-state index in [-0.39, 0.29) is 24.3 Å². The fourth-order valence-corrected chi connectivity index (χ4v) is 1.68. The summed E-state index contributed by atoms with van der Waals surface area (Å²) < 4.78 is 24.0. The third-order valence-corrected chi connectivity index (χ3v) is 2.57. The van der Waals surface area contributed by atoms with E-state index < -0.39 is 5.82 Å². The van der Waals surface area contributed by atoms with Gasteiger partial charge in [-0.05, 0) is 25.1 Å². The van der Waals surface area contributed by atoms with Crippen LogP contribution in [-0.4, -0.2) is 32.3 Å². The van der Waals surface area contributed by atoms with Gasteiger partial charge in [-0.2, -0.15) is 0 Å². The van der Waals surface area contributed by atoms with Crippen molar-refractivity contribution in [1.82, 2.24) is 5.32 Å². The topological polar surface area (TPSA) is 47.6 Å². The summed E-state index contributed by atoms with van der Waals surface area (Å²) in [6.45, 7) is 1.99. The number of carbonyl (C=O) groups excluding carboxylic acids is 1. The van der Waals surface area contributed by atoms with E-state index in [0.717, 1.165) is 0 Å². The maximum Gasteiger partial charge on any atom is 0.258 e. The molecular weight excluding hydrogens is 305 g/mol. The second-order valence-corrected chi connectivity index (χ2v) is 4.70. The molecule has 1 atom stereocenters. The van der Waals surface area contributed by atoms with Gasteiger partial charge in [0.05, 0.1) is 6.61 Å². The Morgan fingerprint density at radius 2 is 2.28 bits per heavy atom. The third-order valence-electron chi connectivity index (χ3n) is 2.08. The van der Waals surface area contributed by atoms with Gasteiger partial charge in [0.1, 0.15) is 0 Å². The molecule has 0 heterocycles. The number of nitrogens with one attached hydrogen (secondary N) is 1. The largest absolute Gasteiger partial charge is 0.481 e. The zero-order valence-electron chi connectivity index (χ0n) is 10.2. The summed E-state index contributed by atoms with van der Waals surface area (Å²) in [7, 11) is 1.55. The number of halogens is 2. The molecule has 1 N–H and O–H groups in total. The zero-order valence-corrected chi connectivity index (χ0v) is 11.8. The van der Waals surface area contributed by atoms with Crippen LogP contribution in [0.5, 0.6) is 5.75 Å². The van der Waals surface area contributed by atoms with Crippen LogP contribution in [0, 0.1) is 5.82 Å². The first-order chi connectivity index (χ1) is 8.52. The van der Waals surface area contributed by atoms with Crippen molar-refractivity contribution in [3.63, 3.8) is 0 Å². The molecule has 0 saturated carbocycles. The molecule has 0 aliphatic carbocycles. The Morgan fingerprint density at radius 1 is 1.56 bits per heavy atom. The van der Waals surface area contributed by atoms with Crippen LogP contribution >= 0.6 is 15.9 Å². The van der Waals surface area contributed by atoms with Gasteiger partial charge in [-0.15, -0.1) is 0 Å². The van der Waals surface area contributed by atoms with E-state index in [4.69, 9.17) is 9.47 Å². The second-order valence-electron chi connectivity index (χ2n) is 3.79. The maximum atomic E-state index is 13.3. The van der Waals surface area contributed by atoms with Crippen molar-refractivity contribution in [1.29, 1.82) is 0 Å². The highest BCUT2D eigenvalue weighted by Gasteiger charge is 2.10. The minimum Gasteiger partial charge on any atom is -0.481 e. The second kappa shape index (κ2) is 7.33. The first-order valence-corrected chi connectivity index (χ1v) is 6.18. The van der Waals surface area contributed by atoms with Crippen molar-refractivity contribution < 1.29 is 18.7 Å². The quantitative estimate of drug-likeness (QED) is 0.873. The summed E-state index contributed by atoms with van der Waals surface area (Å²) in [6, 6.07) is 4.19. The molecule has 0 aliphatic heterocycles. The van der Waals surface area contributed by atoms with Gasteiger partial charge in [0.2, 0.25) is 0 Å². The summed E-state index contributed by atoms with van der Waals surface area (Å²) in [5, 5.41) is 2.66. The lowest BCUT2D eigenvalue weighted by Crippen LogP contribution is -2.38. The van der Waals surface area contributed by atoms with Gasteiger partial charge in [0.25, 0.3) is 5.91 Å². The lowest BCUT2D eigenvalue weighted by Gasteiger charge is -2.13. The molecule has 0 fully saturated rings. The number of amides is 1. The van der Waals surface area contributed by atoms with Gasteiger partial charge in [-0.3, -0.25) is 4.79 Å². The molecule has 6 heteroatoms. The van der Waals surface area contributed by atoms with Crippen LogP contribution in [-0.2, 0) is 9.53 Å². The molecule has 0 aromatic heterocycles. The van der Waals surface area contributed by atoms with Gasteiger partial charge in [0.15, 0.2) is 18.2 Å².